The number of aromatic amines is 1. The van der Waals surface area contributed by atoms with Crippen molar-refractivity contribution in [2.45, 2.75) is 25.3 Å². The van der Waals surface area contributed by atoms with Crippen molar-refractivity contribution in [1.82, 2.24) is 9.88 Å². The maximum Gasteiger partial charge on any atom is 0.320 e. The van der Waals surface area contributed by atoms with Crippen LogP contribution >= 0.6 is 0 Å². The number of piperidine rings is 1. The van der Waals surface area contributed by atoms with Gasteiger partial charge in [-0.05, 0) is 31.5 Å². The molecule has 2 aromatic rings. The van der Waals surface area contributed by atoms with Crippen LogP contribution in [0.1, 0.15) is 24.6 Å². The molecule has 1 aromatic heterocycles. The fourth-order valence-corrected chi connectivity index (χ4v) is 4.76. The summed E-state index contributed by atoms with van der Waals surface area (Å²) in [7, 11) is 1.41. The van der Waals surface area contributed by atoms with Gasteiger partial charge in [0.2, 0.25) is 0 Å². The van der Waals surface area contributed by atoms with E-state index in [-0.39, 0.29) is 18.5 Å². The van der Waals surface area contributed by atoms with Crippen molar-refractivity contribution >= 4 is 16.9 Å². The second-order valence-electron chi connectivity index (χ2n) is 7.06. The molecule has 2 N–H and O–H groups in total. The number of nitrogens with zero attached hydrogens (tertiary/aromatic N) is 1. The summed E-state index contributed by atoms with van der Waals surface area (Å²) in [6.07, 6.45) is 2.93. The molecule has 2 bridgehead atoms. The highest BCUT2D eigenvalue weighted by Crippen LogP contribution is 2.47. The number of H-pyrrole nitrogens is 1. The number of nitrogens with one attached hydrogen (secondary N) is 1. The Morgan fingerprint density at radius 2 is 2.24 bits per heavy atom. The minimum atomic E-state index is -1.07. The molecule has 25 heavy (non-hydrogen) atoms. The molecule has 132 valence electrons. The molecule has 3 aliphatic rings. The Morgan fingerprint density at radius 1 is 1.44 bits per heavy atom. The van der Waals surface area contributed by atoms with E-state index >= 15 is 0 Å². The van der Waals surface area contributed by atoms with Gasteiger partial charge in [-0.15, -0.1) is 0 Å². The average Bonchev–Trinajstić information content (AvgIpc) is 2.99. The molecule has 1 fully saturated rings. The standard InChI is InChI=1S/C20H24N2O3/c1-3-13-10-22-9-8-16(13)20(12-23,19(24)25-2)18-15(11-22)14-6-4-5-7-17(14)21-18/h3-7,16,21,23H,8-12H2,1-2H3. The Balaban J connectivity index is 2.06. The number of hydrogen-bond donors (Lipinski definition) is 2. The number of ether oxygens (including phenoxy) is 1. The minimum absolute atomic E-state index is 0.0571. The molecule has 0 saturated carbocycles. The van der Waals surface area contributed by atoms with Gasteiger partial charge in [0.25, 0.3) is 0 Å². The molecule has 0 spiro atoms. The van der Waals surface area contributed by atoms with Crippen LogP contribution in [0.5, 0.6) is 0 Å². The van der Waals surface area contributed by atoms with Crippen molar-refractivity contribution < 1.29 is 14.6 Å². The number of benzene rings is 1. The summed E-state index contributed by atoms with van der Waals surface area (Å²) in [6, 6.07) is 8.10. The van der Waals surface area contributed by atoms with E-state index in [1.165, 1.54) is 12.7 Å². The topological polar surface area (TPSA) is 65.6 Å². The number of carbonyl (C=O) groups is 1. The van der Waals surface area contributed by atoms with Gasteiger partial charge in [0.15, 0.2) is 0 Å². The van der Waals surface area contributed by atoms with Gasteiger partial charge in [-0.25, -0.2) is 0 Å². The fourth-order valence-electron chi connectivity index (χ4n) is 4.76. The Morgan fingerprint density at radius 3 is 2.96 bits per heavy atom. The van der Waals surface area contributed by atoms with Crippen molar-refractivity contribution in [1.29, 1.82) is 0 Å². The third-order valence-electron chi connectivity index (χ3n) is 5.99. The number of aliphatic hydroxyl groups excluding tert-OH is 1. The average molecular weight is 340 g/mol. The molecule has 0 radical (unpaired) electrons. The number of aromatic nitrogens is 1. The highest BCUT2D eigenvalue weighted by Gasteiger charge is 2.54. The van der Waals surface area contributed by atoms with Crippen molar-refractivity contribution in [2.24, 2.45) is 5.92 Å². The number of aliphatic hydroxyl groups is 1. The smallest absolute Gasteiger partial charge is 0.320 e. The van der Waals surface area contributed by atoms with Gasteiger partial charge in [0.1, 0.15) is 5.41 Å². The highest BCUT2D eigenvalue weighted by atomic mass is 16.5. The van der Waals surface area contributed by atoms with Gasteiger partial charge in [0, 0.05) is 35.6 Å². The predicted octanol–water partition coefficient (Wildman–Crippen LogP) is 2.35. The van der Waals surface area contributed by atoms with Crippen LogP contribution in [-0.2, 0) is 21.5 Å². The summed E-state index contributed by atoms with van der Waals surface area (Å²) in [4.78, 5) is 18.9. The van der Waals surface area contributed by atoms with E-state index in [2.05, 4.69) is 22.0 Å². The summed E-state index contributed by atoms with van der Waals surface area (Å²) >= 11 is 0. The maximum atomic E-state index is 13.0. The Labute approximate surface area is 147 Å². The number of rotatable bonds is 2. The first kappa shape index (κ1) is 16.4. The summed E-state index contributed by atoms with van der Waals surface area (Å²) in [5.74, 6) is -0.416. The van der Waals surface area contributed by atoms with Crippen LogP contribution in [0.3, 0.4) is 0 Å². The number of hydrogen-bond acceptors (Lipinski definition) is 4. The third-order valence-corrected chi connectivity index (χ3v) is 5.99. The van der Waals surface area contributed by atoms with Gasteiger partial charge in [-0.3, -0.25) is 9.69 Å². The van der Waals surface area contributed by atoms with Crippen LogP contribution in [-0.4, -0.2) is 47.8 Å². The van der Waals surface area contributed by atoms with Crippen LogP contribution in [0.4, 0.5) is 0 Å². The molecule has 0 aliphatic carbocycles. The van der Waals surface area contributed by atoms with Crippen LogP contribution in [0.2, 0.25) is 0 Å². The van der Waals surface area contributed by atoms with Crippen molar-refractivity contribution in [3.05, 3.63) is 47.2 Å². The summed E-state index contributed by atoms with van der Waals surface area (Å²) in [5.41, 5.74) is 3.05. The molecular formula is C20H24N2O3. The van der Waals surface area contributed by atoms with Crippen molar-refractivity contribution in [2.75, 3.05) is 26.8 Å². The Bertz CT molecular complexity index is 854. The number of methoxy groups -OCH3 is 1. The van der Waals surface area contributed by atoms with Gasteiger partial charge >= 0.3 is 5.97 Å². The van der Waals surface area contributed by atoms with Crippen LogP contribution < -0.4 is 0 Å². The Hall–Kier alpha value is -2.11. The van der Waals surface area contributed by atoms with Crippen molar-refractivity contribution in [3.63, 3.8) is 0 Å². The second kappa shape index (κ2) is 6.00. The zero-order chi connectivity index (χ0) is 17.6. The molecule has 3 aliphatic heterocycles. The summed E-state index contributed by atoms with van der Waals surface area (Å²) in [6.45, 7) is 4.27. The lowest BCUT2D eigenvalue weighted by Gasteiger charge is -2.46. The number of carbonyl (C=O) groups excluding carboxylic acids is 1. The largest absolute Gasteiger partial charge is 0.468 e. The van der Waals surface area contributed by atoms with E-state index in [1.54, 1.807) is 0 Å². The molecule has 5 rings (SSSR count). The summed E-state index contributed by atoms with van der Waals surface area (Å²) < 4.78 is 5.22. The fraction of sp³-hybridized carbons (Fsp3) is 0.450. The van der Waals surface area contributed by atoms with E-state index in [0.29, 0.717) is 0 Å². The van der Waals surface area contributed by atoms with E-state index in [9.17, 15) is 9.90 Å². The second-order valence-corrected chi connectivity index (χ2v) is 7.06. The molecule has 3 unspecified atom stereocenters. The van der Waals surface area contributed by atoms with Gasteiger partial charge < -0.3 is 14.8 Å². The number of para-hydroxylation sites is 1. The van der Waals surface area contributed by atoms with Crippen LogP contribution in [0.15, 0.2) is 35.9 Å². The Kier molecular flexibility index (Phi) is 3.93. The minimum Gasteiger partial charge on any atom is -0.468 e. The molecule has 3 atom stereocenters. The van der Waals surface area contributed by atoms with Gasteiger partial charge in [-0.1, -0.05) is 29.8 Å². The third kappa shape index (κ3) is 2.19. The first-order valence-corrected chi connectivity index (χ1v) is 8.82. The van der Waals surface area contributed by atoms with E-state index < -0.39 is 5.41 Å². The molecular weight excluding hydrogens is 316 g/mol. The van der Waals surface area contributed by atoms with Crippen LogP contribution in [0, 0.1) is 5.92 Å². The monoisotopic (exact) mass is 340 g/mol. The number of esters is 1. The molecule has 1 saturated heterocycles. The lowest BCUT2D eigenvalue weighted by atomic mass is 9.65. The normalized spacial score (nSPS) is 30.1. The SMILES string of the molecule is CC=C1CN2CCC1C(CO)(C(=O)OC)c1[nH]c3ccccc3c1C2. The number of fused-ring (bicyclic) bond motifs is 3. The number of allylic oxidation sites excluding steroid dienone is 1. The van der Waals surface area contributed by atoms with Crippen LogP contribution in [0.25, 0.3) is 10.9 Å². The zero-order valence-electron chi connectivity index (χ0n) is 14.7. The van der Waals surface area contributed by atoms with E-state index in [1.807, 2.05) is 25.1 Å². The molecule has 5 nitrogen and oxygen atoms in total. The van der Waals surface area contributed by atoms with Gasteiger partial charge in [-0.2, -0.15) is 0 Å². The van der Waals surface area contributed by atoms with Gasteiger partial charge in [0.05, 0.1) is 13.7 Å². The highest BCUT2D eigenvalue weighted by molar-refractivity contribution is 5.91. The van der Waals surface area contributed by atoms with Crippen molar-refractivity contribution in [3.8, 4) is 0 Å². The maximum absolute atomic E-state index is 13.0. The zero-order valence-corrected chi connectivity index (χ0v) is 14.7. The lowest BCUT2D eigenvalue weighted by molar-refractivity contribution is -0.152. The quantitative estimate of drug-likeness (QED) is 0.651. The molecule has 4 heterocycles. The van der Waals surface area contributed by atoms with E-state index in [4.69, 9.17) is 4.74 Å². The first-order valence-electron chi connectivity index (χ1n) is 8.82. The predicted molar refractivity (Wildman–Crippen MR) is 96.2 cm³/mol. The summed E-state index contributed by atoms with van der Waals surface area (Å²) in [5, 5.41) is 11.6. The molecule has 5 heteroatoms. The molecule has 0 amide bonds. The lowest BCUT2D eigenvalue weighted by Crippen LogP contribution is -2.54. The van der Waals surface area contributed by atoms with E-state index in [0.717, 1.165) is 48.2 Å². The first-order chi connectivity index (χ1) is 12.2. The molecule has 1 aromatic carbocycles.